The van der Waals surface area contributed by atoms with Crippen molar-refractivity contribution < 1.29 is 22.7 Å². The van der Waals surface area contributed by atoms with E-state index >= 15 is 0 Å². The molecule has 1 amide bonds. The summed E-state index contributed by atoms with van der Waals surface area (Å²) < 4.78 is 42.5. The Hall–Kier alpha value is -4.38. The van der Waals surface area contributed by atoms with Crippen molar-refractivity contribution in [1.82, 2.24) is 19.9 Å². The predicted molar refractivity (Wildman–Crippen MR) is 139 cm³/mol. The molecule has 11 heteroatoms. The molecule has 0 spiro atoms. The van der Waals surface area contributed by atoms with E-state index in [1.165, 1.54) is 12.1 Å². The van der Waals surface area contributed by atoms with Gasteiger partial charge in [-0.15, -0.1) is 18.3 Å². The molecule has 3 aromatic carbocycles. The molecule has 4 aromatic rings. The van der Waals surface area contributed by atoms with Crippen molar-refractivity contribution in [3.8, 4) is 11.4 Å². The van der Waals surface area contributed by atoms with Gasteiger partial charge in [0.15, 0.2) is 0 Å². The van der Waals surface area contributed by atoms with E-state index in [0.29, 0.717) is 5.69 Å². The van der Waals surface area contributed by atoms with Gasteiger partial charge in [-0.2, -0.15) is 0 Å². The Morgan fingerprint density at radius 3 is 2.29 bits per heavy atom. The summed E-state index contributed by atoms with van der Waals surface area (Å²) in [4.78, 5) is 14.7. The predicted octanol–water partition coefficient (Wildman–Crippen LogP) is 6.00. The van der Waals surface area contributed by atoms with Crippen molar-refractivity contribution in [3.63, 3.8) is 0 Å². The largest absolute Gasteiger partial charge is 0.573 e. The van der Waals surface area contributed by atoms with Crippen LogP contribution in [0.25, 0.3) is 5.69 Å². The molecule has 8 nitrogen and oxygen atoms in total. The molecular weight excluding hydrogens is 497 g/mol. The van der Waals surface area contributed by atoms with Gasteiger partial charge in [0.1, 0.15) is 5.75 Å². The van der Waals surface area contributed by atoms with Crippen LogP contribution < -0.4 is 15.4 Å². The number of halogens is 3. The number of hydrogen-bond donors (Lipinski definition) is 2. The summed E-state index contributed by atoms with van der Waals surface area (Å²) in [6.45, 7) is 6.86. The summed E-state index contributed by atoms with van der Waals surface area (Å²) in [5.74, 6) is -0.845. The third-order valence-electron chi connectivity index (χ3n) is 5.71. The van der Waals surface area contributed by atoms with Crippen molar-refractivity contribution in [3.05, 3.63) is 90.3 Å². The molecule has 2 N–H and O–H groups in total. The normalized spacial score (nSPS) is 11.4. The summed E-state index contributed by atoms with van der Waals surface area (Å²) in [6.07, 6.45) is -2.86. The minimum absolute atomic E-state index is 0.201. The third-order valence-corrected chi connectivity index (χ3v) is 5.71. The summed E-state index contributed by atoms with van der Waals surface area (Å²) >= 11 is 0. The van der Waals surface area contributed by atoms with Crippen molar-refractivity contribution in [2.24, 2.45) is 0 Å². The molecule has 1 heterocycles. The van der Waals surface area contributed by atoms with E-state index in [1.807, 2.05) is 30.5 Å². The van der Waals surface area contributed by atoms with Gasteiger partial charge in [-0.05, 0) is 79.8 Å². The Balaban J connectivity index is 1.36. The molecule has 0 bridgehead atoms. The lowest BCUT2D eigenvalue weighted by molar-refractivity contribution is -0.274. The Morgan fingerprint density at radius 2 is 1.63 bits per heavy atom. The zero-order chi connectivity index (χ0) is 27.1. The minimum atomic E-state index is -4.79. The number of carbonyl (C=O) groups is 1. The lowest BCUT2D eigenvalue weighted by Crippen LogP contribution is -2.22. The highest BCUT2D eigenvalue weighted by atomic mass is 19.4. The van der Waals surface area contributed by atoms with Crippen LogP contribution in [-0.4, -0.2) is 45.3 Å². The number of nitrogens with one attached hydrogen (secondary N) is 2. The first-order valence-electron chi connectivity index (χ1n) is 12.0. The second-order valence-electron chi connectivity index (χ2n) is 8.39. The lowest BCUT2D eigenvalue weighted by atomic mass is 10.2. The first-order valence-corrected chi connectivity index (χ1v) is 12.0. The molecular formula is C27H27F3N6O2. The van der Waals surface area contributed by atoms with Gasteiger partial charge in [-0.1, -0.05) is 25.1 Å². The van der Waals surface area contributed by atoms with Gasteiger partial charge in [-0.25, -0.2) is 4.68 Å². The van der Waals surface area contributed by atoms with Gasteiger partial charge in [0, 0.05) is 29.2 Å². The molecule has 0 radical (unpaired) electrons. The molecule has 0 atom stereocenters. The minimum Gasteiger partial charge on any atom is -0.406 e. The maximum Gasteiger partial charge on any atom is 0.573 e. The third kappa shape index (κ3) is 7.32. The molecule has 38 heavy (non-hydrogen) atoms. The van der Waals surface area contributed by atoms with E-state index in [9.17, 15) is 18.0 Å². The van der Waals surface area contributed by atoms with Crippen molar-refractivity contribution in [1.29, 1.82) is 0 Å². The van der Waals surface area contributed by atoms with E-state index in [1.54, 1.807) is 28.9 Å². The van der Waals surface area contributed by atoms with Gasteiger partial charge in [0.2, 0.25) is 0 Å². The number of alkyl halides is 3. The Labute approximate surface area is 218 Å². The lowest BCUT2D eigenvalue weighted by Gasteiger charge is -2.15. The fourth-order valence-corrected chi connectivity index (χ4v) is 3.71. The Bertz CT molecular complexity index is 1350. The SMILES string of the molecule is CCN(CC)Cc1cn(-c2cccc(Nc3ccc(NC(=O)c4ccc(OC(F)(F)F)cc4)cc3)c2)nn1. The number of anilines is 3. The van der Waals surface area contributed by atoms with Crippen molar-refractivity contribution >= 4 is 23.0 Å². The number of rotatable bonds is 10. The molecule has 0 saturated heterocycles. The van der Waals surface area contributed by atoms with Crippen LogP contribution in [-0.2, 0) is 6.54 Å². The van der Waals surface area contributed by atoms with E-state index in [-0.39, 0.29) is 5.56 Å². The van der Waals surface area contributed by atoms with Gasteiger partial charge in [0.25, 0.3) is 5.91 Å². The molecule has 0 aliphatic rings. The van der Waals surface area contributed by atoms with Crippen LogP contribution in [0, 0.1) is 0 Å². The van der Waals surface area contributed by atoms with Crippen molar-refractivity contribution in [2.75, 3.05) is 23.7 Å². The highest BCUT2D eigenvalue weighted by Crippen LogP contribution is 2.24. The molecule has 198 valence electrons. The first-order chi connectivity index (χ1) is 18.2. The summed E-state index contributed by atoms with van der Waals surface area (Å²) in [6, 6.07) is 19.5. The van der Waals surface area contributed by atoms with E-state index in [0.717, 1.165) is 54.5 Å². The van der Waals surface area contributed by atoms with Gasteiger partial charge < -0.3 is 15.4 Å². The summed E-state index contributed by atoms with van der Waals surface area (Å²) in [7, 11) is 0. The topological polar surface area (TPSA) is 84.3 Å². The van der Waals surface area contributed by atoms with Crippen molar-refractivity contribution in [2.45, 2.75) is 26.8 Å². The fraction of sp³-hybridized carbons (Fsp3) is 0.222. The molecule has 4 rings (SSSR count). The fourth-order valence-electron chi connectivity index (χ4n) is 3.71. The van der Waals surface area contributed by atoms with E-state index in [2.05, 4.69) is 44.4 Å². The molecule has 0 aliphatic heterocycles. The highest BCUT2D eigenvalue weighted by Gasteiger charge is 2.31. The van der Waals surface area contributed by atoms with Crippen LogP contribution >= 0.6 is 0 Å². The number of nitrogens with zero attached hydrogens (tertiary/aromatic N) is 4. The molecule has 1 aromatic heterocycles. The second kappa shape index (κ2) is 11.8. The molecule has 0 fully saturated rings. The van der Waals surface area contributed by atoms with Gasteiger partial charge in [-0.3, -0.25) is 9.69 Å². The van der Waals surface area contributed by atoms with Crippen LogP contribution in [0.1, 0.15) is 29.9 Å². The average Bonchev–Trinajstić information content (AvgIpc) is 3.37. The van der Waals surface area contributed by atoms with Crippen LogP contribution in [0.15, 0.2) is 79.0 Å². The number of hydrogen-bond acceptors (Lipinski definition) is 6. The monoisotopic (exact) mass is 524 g/mol. The standard InChI is InChI=1S/C27H27F3N6O2/c1-3-35(4-2)17-23-18-36(34-33-23)24-7-5-6-22(16-24)31-20-10-12-21(13-11-20)32-26(37)19-8-14-25(15-9-19)38-27(28,29)30/h5-16,18,31H,3-4,17H2,1-2H3,(H,32,37). The number of carbonyl (C=O) groups excluding carboxylic acids is 1. The first kappa shape index (κ1) is 26.7. The number of amides is 1. The summed E-state index contributed by atoms with van der Waals surface area (Å²) in [5, 5.41) is 14.6. The smallest absolute Gasteiger partial charge is 0.406 e. The quantitative estimate of drug-likeness (QED) is 0.265. The Morgan fingerprint density at radius 1 is 0.947 bits per heavy atom. The number of aromatic nitrogens is 3. The van der Waals surface area contributed by atoms with Gasteiger partial charge in [0.05, 0.1) is 17.6 Å². The van der Waals surface area contributed by atoms with E-state index < -0.39 is 18.0 Å². The maximum absolute atomic E-state index is 12.4. The Kier molecular flexibility index (Phi) is 8.27. The highest BCUT2D eigenvalue weighted by molar-refractivity contribution is 6.04. The zero-order valence-corrected chi connectivity index (χ0v) is 20.9. The molecule has 0 aliphatic carbocycles. The summed E-state index contributed by atoms with van der Waals surface area (Å²) in [5.41, 5.74) is 4.15. The van der Waals surface area contributed by atoms with Crippen LogP contribution in [0.4, 0.5) is 30.2 Å². The van der Waals surface area contributed by atoms with Crippen LogP contribution in [0.5, 0.6) is 5.75 Å². The molecule has 0 saturated carbocycles. The van der Waals surface area contributed by atoms with Gasteiger partial charge >= 0.3 is 6.36 Å². The average molecular weight is 525 g/mol. The maximum atomic E-state index is 12.4. The number of ether oxygens (including phenoxy) is 1. The van der Waals surface area contributed by atoms with E-state index in [4.69, 9.17) is 0 Å². The van der Waals surface area contributed by atoms with Crippen LogP contribution in [0.3, 0.4) is 0 Å². The molecule has 0 unspecified atom stereocenters. The zero-order valence-electron chi connectivity index (χ0n) is 20.9. The second-order valence-corrected chi connectivity index (χ2v) is 8.39. The van der Waals surface area contributed by atoms with Crippen LogP contribution in [0.2, 0.25) is 0 Å². The number of benzene rings is 3.